The van der Waals surface area contributed by atoms with E-state index in [1.165, 1.54) is 11.8 Å². The predicted octanol–water partition coefficient (Wildman–Crippen LogP) is 2.33. The van der Waals surface area contributed by atoms with E-state index in [0.717, 1.165) is 11.3 Å². The molecule has 1 aliphatic rings. The number of rotatable bonds is 6. The summed E-state index contributed by atoms with van der Waals surface area (Å²) in [4.78, 5) is 18.7. The van der Waals surface area contributed by atoms with Gasteiger partial charge in [-0.1, -0.05) is 29.8 Å². The van der Waals surface area contributed by atoms with Gasteiger partial charge in [0.1, 0.15) is 0 Å². The molecule has 0 radical (unpaired) electrons. The Hall–Kier alpha value is -2.41. The van der Waals surface area contributed by atoms with Crippen molar-refractivity contribution in [2.24, 2.45) is 0 Å². The highest BCUT2D eigenvalue weighted by atomic mass is 32.2. The second kappa shape index (κ2) is 8.08. The summed E-state index contributed by atoms with van der Waals surface area (Å²) in [5.41, 5.74) is 3.46. The van der Waals surface area contributed by atoms with Gasteiger partial charge in [-0.2, -0.15) is 0 Å². The van der Waals surface area contributed by atoms with E-state index in [4.69, 9.17) is 0 Å². The number of nitrogens with one attached hydrogen (secondary N) is 1. The van der Waals surface area contributed by atoms with E-state index >= 15 is 0 Å². The molecule has 1 unspecified atom stereocenters. The van der Waals surface area contributed by atoms with Crippen molar-refractivity contribution in [3.63, 3.8) is 0 Å². The highest BCUT2D eigenvalue weighted by Crippen LogP contribution is 2.24. The van der Waals surface area contributed by atoms with E-state index in [-0.39, 0.29) is 23.5 Å². The molecule has 3 rings (SSSR count). The predicted molar refractivity (Wildman–Crippen MR) is 107 cm³/mol. The van der Waals surface area contributed by atoms with Crippen LogP contribution < -0.4 is 10.2 Å². The number of carbonyl (C=O) groups excluding carboxylic acids is 1. The molecule has 0 aliphatic carbocycles. The molecule has 0 saturated carbocycles. The fourth-order valence-electron chi connectivity index (χ4n) is 3.37. The molecule has 27 heavy (non-hydrogen) atoms. The molecule has 1 fully saturated rings. The number of hydrogen-bond acceptors (Lipinski definition) is 5. The molecule has 7 heteroatoms. The lowest BCUT2D eigenvalue weighted by atomic mass is 10.1. The van der Waals surface area contributed by atoms with Gasteiger partial charge in [-0.25, -0.2) is 8.42 Å². The molecule has 1 aliphatic heterocycles. The lowest BCUT2D eigenvalue weighted by Crippen LogP contribution is -2.36. The lowest BCUT2D eigenvalue weighted by Gasteiger charge is -2.29. The van der Waals surface area contributed by atoms with Crippen molar-refractivity contribution in [1.29, 1.82) is 0 Å². The third kappa shape index (κ3) is 4.86. The van der Waals surface area contributed by atoms with Gasteiger partial charge in [0, 0.05) is 25.3 Å². The average molecular weight is 388 g/mol. The Morgan fingerprint density at radius 1 is 1.26 bits per heavy atom. The minimum atomic E-state index is -2.97. The number of pyridine rings is 1. The Labute approximate surface area is 160 Å². The van der Waals surface area contributed by atoms with Crippen molar-refractivity contribution in [2.75, 3.05) is 23.0 Å². The maximum atomic E-state index is 12.5. The normalized spacial score (nSPS) is 18.2. The third-order valence-electron chi connectivity index (χ3n) is 4.88. The first-order chi connectivity index (χ1) is 12.9. The molecule has 2 heterocycles. The summed E-state index contributed by atoms with van der Waals surface area (Å²) >= 11 is 0. The molecular weight excluding hydrogens is 362 g/mol. The summed E-state index contributed by atoms with van der Waals surface area (Å²) in [6.07, 6.45) is 3.83. The third-order valence-corrected chi connectivity index (χ3v) is 6.63. The van der Waals surface area contributed by atoms with Crippen LogP contribution in [0.15, 0.2) is 42.7 Å². The SMILES string of the molecule is CCN(c1cncc(C(=O)NCc2ccc(C)cc2)c1)C1CCS(=O)(=O)C1. The number of hydrogen-bond donors (Lipinski definition) is 1. The zero-order valence-corrected chi connectivity index (χ0v) is 16.5. The molecule has 1 amide bonds. The van der Waals surface area contributed by atoms with Gasteiger partial charge in [-0.05, 0) is 31.9 Å². The molecule has 1 saturated heterocycles. The van der Waals surface area contributed by atoms with Gasteiger partial charge in [0.05, 0.1) is 29.0 Å². The van der Waals surface area contributed by atoms with E-state index < -0.39 is 9.84 Å². The number of sulfone groups is 1. The Bertz CT molecular complexity index is 910. The molecule has 6 nitrogen and oxygen atoms in total. The van der Waals surface area contributed by atoms with Crippen LogP contribution in [-0.2, 0) is 16.4 Å². The molecule has 2 aromatic rings. The largest absolute Gasteiger partial charge is 0.367 e. The maximum Gasteiger partial charge on any atom is 0.253 e. The van der Waals surface area contributed by atoms with Gasteiger partial charge in [0.25, 0.3) is 5.91 Å². The van der Waals surface area contributed by atoms with Gasteiger partial charge >= 0.3 is 0 Å². The van der Waals surface area contributed by atoms with Gasteiger partial charge < -0.3 is 10.2 Å². The zero-order chi connectivity index (χ0) is 19.4. The number of carbonyl (C=O) groups is 1. The highest BCUT2D eigenvalue weighted by Gasteiger charge is 2.32. The van der Waals surface area contributed by atoms with Gasteiger partial charge in [-0.3, -0.25) is 9.78 Å². The summed E-state index contributed by atoms with van der Waals surface area (Å²) in [7, 11) is -2.97. The first-order valence-electron chi connectivity index (χ1n) is 9.14. The number of benzene rings is 1. The van der Waals surface area contributed by atoms with Crippen LogP contribution in [0.25, 0.3) is 0 Å². The van der Waals surface area contributed by atoms with Crippen molar-refractivity contribution >= 4 is 21.4 Å². The topological polar surface area (TPSA) is 79.4 Å². The number of anilines is 1. The number of amides is 1. The smallest absolute Gasteiger partial charge is 0.253 e. The molecule has 1 aromatic heterocycles. The second-order valence-corrected chi connectivity index (χ2v) is 9.17. The highest BCUT2D eigenvalue weighted by molar-refractivity contribution is 7.91. The molecule has 144 valence electrons. The first kappa shape index (κ1) is 19.4. The fourth-order valence-corrected chi connectivity index (χ4v) is 5.10. The van der Waals surface area contributed by atoms with Crippen LogP contribution in [0.1, 0.15) is 34.8 Å². The second-order valence-electron chi connectivity index (χ2n) is 6.94. The van der Waals surface area contributed by atoms with Crippen molar-refractivity contribution in [3.8, 4) is 0 Å². The molecule has 0 spiro atoms. The quantitative estimate of drug-likeness (QED) is 0.823. The number of nitrogens with zero attached hydrogens (tertiary/aromatic N) is 2. The van der Waals surface area contributed by atoms with Gasteiger partial charge in [-0.15, -0.1) is 0 Å². The van der Waals surface area contributed by atoms with Gasteiger partial charge in [0.15, 0.2) is 9.84 Å². The Morgan fingerprint density at radius 3 is 2.63 bits per heavy atom. The minimum Gasteiger partial charge on any atom is -0.367 e. The minimum absolute atomic E-state index is 0.0623. The average Bonchev–Trinajstić information content (AvgIpc) is 3.01. The molecule has 1 N–H and O–H groups in total. The van der Waals surface area contributed by atoms with Crippen LogP contribution in [-0.4, -0.2) is 43.4 Å². The van der Waals surface area contributed by atoms with Crippen LogP contribution in [0, 0.1) is 6.92 Å². The molecular formula is C20H25N3O3S. The maximum absolute atomic E-state index is 12.5. The van der Waals surface area contributed by atoms with Crippen LogP contribution in [0.5, 0.6) is 0 Å². The molecule has 1 aromatic carbocycles. The van der Waals surface area contributed by atoms with Crippen molar-refractivity contribution < 1.29 is 13.2 Å². The Morgan fingerprint density at radius 2 is 2.00 bits per heavy atom. The van der Waals surface area contributed by atoms with Crippen molar-refractivity contribution in [1.82, 2.24) is 10.3 Å². The van der Waals surface area contributed by atoms with Crippen LogP contribution in [0.2, 0.25) is 0 Å². The summed E-state index contributed by atoms with van der Waals surface area (Å²) in [5, 5.41) is 2.91. The van der Waals surface area contributed by atoms with E-state index in [2.05, 4.69) is 10.3 Å². The summed E-state index contributed by atoms with van der Waals surface area (Å²) in [6, 6.07) is 9.73. The summed E-state index contributed by atoms with van der Waals surface area (Å²) in [5.74, 6) is 0.184. The lowest BCUT2D eigenvalue weighted by molar-refractivity contribution is 0.0950. The Kier molecular flexibility index (Phi) is 5.79. The van der Waals surface area contributed by atoms with E-state index in [1.54, 1.807) is 12.3 Å². The van der Waals surface area contributed by atoms with E-state index in [1.807, 2.05) is 43.0 Å². The van der Waals surface area contributed by atoms with Crippen LogP contribution in [0.4, 0.5) is 5.69 Å². The van der Waals surface area contributed by atoms with E-state index in [9.17, 15) is 13.2 Å². The van der Waals surface area contributed by atoms with Crippen LogP contribution >= 0.6 is 0 Å². The zero-order valence-electron chi connectivity index (χ0n) is 15.7. The van der Waals surface area contributed by atoms with E-state index in [0.29, 0.717) is 25.1 Å². The molecule has 1 atom stereocenters. The van der Waals surface area contributed by atoms with Crippen molar-refractivity contribution in [2.45, 2.75) is 32.9 Å². The number of aromatic nitrogens is 1. The number of aryl methyl sites for hydroxylation is 1. The fraction of sp³-hybridized carbons (Fsp3) is 0.400. The van der Waals surface area contributed by atoms with Crippen LogP contribution in [0.3, 0.4) is 0 Å². The van der Waals surface area contributed by atoms with Crippen molar-refractivity contribution in [3.05, 3.63) is 59.4 Å². The van der Waals surface area contributed by atoms with Gasteiger partial charge in [0.2, 0.25) is 0 Å². The summed E-state index contributed by atoms with van der Waals surface area (Å²) in [6.45, 7) is 5.11. The monoisotopic (exact) mass is 387 g/mol. The standard InChI is InChI=1S/C20H25N3O3S/c1-3-23(18-8-9-27(25,26)14-18)19-10-17(12-21-13-19)20(24)22-11-16-6-4-15(2)5-7-16/h4-7,10,12-13,18H,3,8-9,11,14H2,1-2H3,(H,22,24). The molecule has 0 bridgehead atoms. The summed E-state index contributed by atoms with van der Waals surface area (Å²) < 4.78 is 23.6. The first-order valence-corrected chi connectivity index (χ1v) is 11.0. The Balaban J connectivity index is 1.70.